The van der Waals surface area contributed by atoms with Crippen LogP contribution in [0, 0.1) is 0 Å². The van der Waals surface area contributed by atoms with Gasteiger partial charge < -0.3 is 5.32 Å². The molecule has 1 N–H and O–H groups in total. The highest BCUT2D eigenvalue weighted by Crippen LogP contribution is 2.26. The molecule has 0 heterocycles. The summed E-state index contributed by atoms with van der Waals surface area (Å²) >= 11 is 14.1. The maximum absolute atomic E-state index is 6.20. The summed E-state index contributed by atoms with van der Waals surface area (Å²) in [6, 6.07) is 16.2. The normalized spacial score (nSPS) is 12.3. The standard InChI is InChI=1S/C16H17Cl2NS/c1-12(15-11-13(17)7-8-16(15)18)19-9-10-20-14-5-3-2-4-6-14/h2-8,11-12,19H,9-10H2,1H3. The molecule has 4 heteroatoms. The van der Waals surface area contributed by atoms with Crippen molar-refractivity contribution >= 4 is 35.0 Å². The highest BCUT2D eigenvalue weighted by atomic mass is 35.5. The lowest BCUT2D eigenvalue weighted by molar-refractivity contribution is 0.601. The summed E-state index contributed by atoms with van der Waals surface area (Å²) in [5.74, 6) is 1.02. The molecule has 1 atom stereocenters. The molecule has 2 aromatic rings. The number of nitrogens with one attached hydrogen (secondary N) is 1. The van der Waals surface area contributed by atoms with Gasteiger partial charge in [0.05, 0.1) is 0 Å². The van der Waals surface area contributed by atoms with Crippen LogP contribution in [0.3, 0.4) is 0 Å². The number of benzene rings is 2. The largest absolute Gasteiger partial charge is 0.309 e. The zero-order valence-electron chi connectivity index (χ0n) is 11.3. The lowest BCUT2D eigenvalue weighted by atomic mass is 10.1. The Kier molecular flexibility index (Phi) is 6.24. The van der Waals surface area contributed by atoms with Crippen LogP contribution >= 0.6 is 35.0 Å². The SMILES string of the molecule is CC(NCCSc1ccccc1)c1cc(Cl)ccc1Cl. The first kappa shape index (κ1) is 15.7. The molecule has 0 bridgehead atoms. The molecule has 20 heavy (non-hydrogen) atoms. The maximum atomic E-state index is 6.20. The topological polar surface area (TPSA) is 12.0 Å². The molecule has 106 valence electrons. The Morgan fingerprint density at radius 1 is 1.10 bits per heavy atom. The van der Waals surface area contributed by atoms with Gasteiger partial charge in [-0.1, -0.05) is 41.4 Å². The highest BCUT2D eigenvalue weighted by molar-refractivity contribution is 7.99. The quantitative estimate of drug-likeness (QED) is 0.561. The molecule has 0 spiro atoms. The predicted octanol–water partition coefficient (Wildman–Crippen LogP) is 5.44. The van der Waals surface area contributed by atoms with Crippen molar-refractivity contribution in [1.82, 2.24) is 5.32 Å². The van der Waals surface area contributed by atoms with Gasteiger partial charge in [-0.15, -0.1) is 11.8 Å². The third kappa shape index (κ3) is 4.71. The van der Waals surface area contributed by atoms with Crippen LogP contribution in [0.2, 0.25) is 10.0 Å². The van der Waals surface area contributed by atoms with E-state index in [9.17, 15) is 0 Å². The fourth-order valence-corrected chi connectivity index (χ4v) is 3.18. The minimum Gasteiger partial charge on any atom is -0.309 e. The van der Waals surface area contributed by atoms with Crippen LogP contribution in [-0.2, 0) is 0 Å². The van der Waals surface area contributed by atoms with Crippen molar-refractivity contribution in [1.29, 1.82) is 0 Å². The average Bonchev–Trinajstić information content (AvgIpc) is 2.47. The van der Waals surface area contributed by atoms with Crippen LogP contribution < -0.4 is 5.32 Å². The lowest BCUT2D eigenvalue weighted by Crippen LogP contribution is -2.21. The summed E-state index contributed by atoms with van der Waals surface area (Å²) in [5.41, 5.74) is 1.05. The van der Waals surface area contributed by atoms with Crippen molar-refractivity contribution in [3.63, 3.8) is 0 Å². The van der Waals surface area contributed by atoms with Crippen molar-refractivity contribution < 1.29 is 0 Å². The molecule has 2 aromatic carbocycles. The van der Waals surface area contributed by atoms with Gasteiger partial charge in [-0.2, -0.15) is 0 Å². The fourth-order valence-electron chi connectivity index (χ4n) is 1.92. The summed E-state index contributed by atoms with van der Waals surface area (Å²) in [7, 11) is 0. The number of rotatable bonds is 6. The molecule has 0 saturated carbocycles. The van der Waals surface area contributed by atoms with E-state index < -0.39 is 0 Å². The van der Waals surface area contributed by atoms with E-state index in [4.69, 9.17) is 23.2 Å². The smallest absolute Gasteiger partial charge is 0.0454 e. The summed E-state index contributed by atoms with van der Waals surface area (Å²) < 4.78 is 0. The Labute approximate surface area is 134 Å². The third-order valence-electron chi connectivity index (χ3n) is 2.99. The van der Waals surface area contributed by atoms with E-state index in [-0.39, 0.29) is 6.04 Å². The molecule has 0 amide bonds. The van der Waals surface area contributed by atoms with Crippen LogP contribution in [0.4, 0.5) is 0 Å². The Morgan fingerprint density at radius 2 is 1.85 bits per heavy atom. The van der Waals surface area contributed by atoms with Crippen LogP contribution in [0.25, 0.3) is 0 Å². The zero-order valence-corrected chi connectivity index (χ0v) is 13.6. The molecule has 0 fully saturated rings. The van der Waals surface area contributed by atoms with E-state index in [0.29, 0.717) is 0 Å². The first-order valence-corrected chi connectivity index (χ1v) is 8.27. The molecular weight excluding hydrogens is 309 g/mol. The van der Waals surface area contributed by atoms with Gasteiger partial charge in [0.25, 0.3) is 0 Å². The molecule has 0 aliphatic carbocycles. The van der Waals surface area contributed by atoms with Gasteiger partial charge in [-0.25, -0.2) is 0 Å². The molecule has 0 aromatic heterocycles. The monoisotopic (exact) mass is 325 g/mol. The van der Waals surface area contributed by atoms with Gasteiger partial charge >= 0.3 is 0 Å². The van der Waals surface area contributed by atoms with E-state index in [1.54, 1.807) is 0 Å². The molecule has 0 aliphatic heterocycles. The van der Waals surface area contributed by atoms with E-state index in [2.05, 4.69) is 36.5 Å². The Hall–Kier alpha value is -0.670. The molecule has 0 radical (unpaired) electrons. The minimum absolute atomic E-state index is 0.192. The van der Waals surface area contributed by atoms with Gasteiger partial charge in [-0.05, 0) is 42.8 Å². The highest BCUT2D eigenvalue weighted by Gasteiger charge is 2.09. The molecule has 0 saturated heterocycles. The van der Waals surface area contributed by atoms with Gasteiger partial charge in [0.1, 0.15) is 0 Å². The van der Waals surface area contributed by atoms with Crippen molar-refractivity contribution in [2.24, 2.45) is 0 Å². The second-order valence-corrected chi connectivity index (χ2v) is 6.52. The van der Waals surface area contributed by atoms with E-state index in [1.165, 1.54) is 4.90 Å². The molecule has 1 unspecified atom stereocenters. The van der Waals surface area contributed by atoms with Gasteiger partial charge in [0, 0.05) is 33.3 Å². The van der Waals surface area contributed by atoms with Crippen LogP contribution in [0.15, 0.2) is 53.4 Å². The first-order chi connectivity index (χ1) is 9.66. The lowest BCUT2D eigenvalue weighted by Gasteiger charge is -2.16. The predicted molar refractivity (Wildman–Crippen MR) is 90.0 cm³/mol. The summed E-state index contributed by atoms with van der Waals surface area (Å²) in [6.45, 7) is 3.02. The number of hydrogen-bond acceptors (Lipinski definition) is 2. The first-order valence-electron chi connectivity index (χ1n) is 6.53. The van der Waals surface area contributed by atoms with Crippen molar-refractivity contribution in [2.75, 3.05) is 12.3 Å². The summed E-state index contributed by atoms with van der Waals surface area (Å²) in [6.07, 6.45) is 0. The zero-order chi connectivity index (χ0) is 14.4. The second kappa shape index (κ2) is 7.94. The van der Waals surface area contributed by atoms with Crippen molar-refractivity contribution in [3.05, 3.63) is 64.1 Å². The van der Waals surface area contributed by atoms with E-state index >= 15 is 0 Å². The van der Waals surface area contributed by atoms with Gasteiger partial charge in [-0.3, -0.25) is 0 Å². The molecule has 2 rings (SSSR count). The van der Waals surface area contributed by atoms with E-state index in [0.717, 1.165) is 27.9 Å². The van der Waals surface area contributed by atoms with Crippen molar-refractivity contribution in [3.8, 4) is 0 Å². The number of hydrogen-bond donors (Lipinski definition) is 1. The Morgan fingerprint density at radius 3 is 2.60 bits per heavy atom. The second-order valence-electron chi connectivity index (χ2n) is 4.50. The molecule has 0 aliphatic rings. The average molecular weight is 326 g/mol. The number of thioether (sulfide) groups is 1. The third-order valence-corrected chi connectivity index (χ3v) is 4.58. The Balaban J connectivity index is 1.80. The maximum Gasteiger partial charge on any atom is 0.0454 e. The summed E-state index contributed by atoms with van der Waals surface area (Å²) in [5, 5.41) is 4.95. The minimum atomic E-state index is 0.192. The summed E-state index contributed by atoms with van der Waals surface area (Å²) in [4.78, 5) is 1.29. The van der Waals surface area contributed by atoms with Crippen LogP contribution in [0.5, 0.6) is 0 Å². The molecule has 1 nitrogen and oxygen atoms in total. The number of halogens is 2. The van der Waals surface area contributed by atoms with Crippen LogP contribution in [0.1, 0.15) is 18.5 Å². The van der Waals surface area contributed by atoms with Crippen molar-refractivity contribution in [2.45, 2.75) is 17.9 Å². The van der Waals surface area contributed by atoms with Gasteiger partial charge in [0.2, 0.25) is 0 Å². The van der Waals surface area contributed by atoms with E-state index in [1.807, 2.05) is 36.0 Å². The Bertz CT molecular complexity index is 545. The van der Waals surface area contributed by atoms with Gasteiger partial charge in [0.15, 0.2) is 0 Å². The molecular formula is C16H17Cl2NS. The van der Waals surface area contributed by atoms with Crippen LogP contribution in [-0.4, -0.2) is 12.3 Å². The fraction of sp³-hybridized carbons (Fsp3) is 0.250.